The lowest BCUT2D eigenvalue weighted by molar-refractivity contribution is -0.0419. The summed E-state index contributed by atoms with van der Waals surface area (Å²) in [5.41, 5.74) is 1.98. The van der Waals surface area contributed by atoms with Crippen LogP contribution >= 0.6 is 14.3 Å². The van der Waals surface area contributed by atoms with E-state index >= 15 is 9.13 Å². The summed E-state index contributed by atoms with van der Waals surface area (Å²) in [7, 11) is -6.46. The van der Waals surface area contributed by atoms with Crippen molar-refractivity contribution in [2.75, 3.05) is 0 Å². The van der Waals surface area contributed by atoms with Crippen LogP contribution in [0.2, 0.25) is 0 Å². The van der Waals surface area contributed by atoms with Crippen LogP contribution in [0.15, 0.2) is 206 Å². The van der Waals surface area contributed by atoms with Crippen LogP contribution in [0.25, 0.3) is 0 Å². The molecule has 0 radical (unpaired) electrons. The summed E-state index contributed by atoms with van der Waals surface area (Å²) in [6, 6.07) is 58.0. The van der Waals surface area contributed by atoms with Gasteiger partial charge in [0.25, 0.3) is 0 Å². The Hall–Kier alpha value is -4.82. The molecule has 6 heteroatoms. The third kappa shape index (κ3) is 8.85. The number of benzene rings is 6. The van der Waals surface area contributed by atoms with Gasteiger partial charge in [0.2, 0.25) is 0 Å². The Morgan fingerprint density at radius 3 is 0.880 bits per heavy atom. The Labute approximate surface area is 295 Å². The van der Waals surface area contributed by atoms with Crippen LogP contribution in [-0.2, 0) is 31.8 Å². The van der Waals surface area contributed by atoms with Crippen molar-refractivity contribution in [3.63, 3.8) is 0 Å². The predicted molar refractivity (Wildman–Crippen MR) is 208 cm³/mol. The Bertz CT molecular complexity index is 1810. The van der Waals surface area contributed by atoms with Gasteiger partial charge in [-0.1, -0.05) is 182 Å². The molecule has 0 unspecified atom stereocenters. The van der Waals surface area contributed by atoms with E-state index < -0.39 is 26.5 Å². The molecule has 0 aliphatic rings. The van der Waals surface area contributed by atoms with E-state index in [9.17, 15) is 0 Å². The highest BCUT2D eigenvalue weighted by molar-refractivity contribution is 7.81. The fraction of sp³-hybridized carbons (Fsp3) is 0.0909. The van der Waals surface area contributed by atoms with Gasteiger partial charge in [0, 0.05) is 21.2 Å². The molecule has 2 atom stereocenters. The predicted octanol–water partition coefficient (Wildman–Crippen LogP) is 9.21. The van der Waals surface area contributed by atoms with Crippen molar-refractivity contribution >= 4 is 35.5 Å². The molecule has 6 rings (SSSR count). The zero-order chi connectivity index (χ0) is 34.5. The molecule has 0 aliphatic heterocycles. The topological polar surface area (TPSA) is 52.6 Å². The maximum absolute atomic E-state index is 15.0. The van der Waals surface area contributed by atoms with Gasteiger partial charge in [-0.15, -0.1) is 0 Å². The first kappa shape index (κ1) is 35.0. The maximum atomic E-state index is 15.0. The lowest BCUT2D eigenvalue weighted by Gasteiger charge is -2.25. The van der Waals surface area contributed by atoms with Crippen LogP contribution < -0.4 is 21.2 Å². The summed E-state index contributed by atoms with van der Waals surface area (Å²) in [6.07, 6.45) is 2.35. The standard InChI is InChI=1S/C44H40O4P2/c45-49(39-23-11-3-12-24-39,40-25-13-4-14-26-40)33-31-43(47-35-37-19-7-1-8-20-37)44(48-36-38-21-9-2-10-22-38)32-34-50(46,41-27-15-5-16-28-41)42-29-17-6-18-30-42/h1-34,43-44H,35-36H2/b33-31-,34-32+/t43-,44-/m0/s1. The molecule has 0 saturated heterocycles. The van der Waals surface area contributed by atoms with Crippen molar-refractivity contribution in [1.82, 2.24) is 0 Å². The van der Waals surface area contributed by atoms with E-state index in [0.717, 1.165) is 32.3 Å². The Morgan fingerprint density at radius 2 is 0.620 bits per heavy atom. The minimum Gasteiger partial charge on any atom is -0.366 e. The van der Waals surface area contributed by atoms with Crippen molar-refractivity contribution in [3.05, 3.63) is 217 Å². The summed E-state index contributed by atoms with van der Waals surface area (Å²) >= 11 is 0. The van der Waals surface area contributed by atoms with E-state index in [0.29, 0.717) is 13.2 Å². The summed E-state index contributed by atoms with van der Waals surface area (Å²) in [5, 5.41) is 2.89. The summed E-state index contributed by atoms with van der Waals surface area (Å²) in [5.74, 6) is 3.57. The van der Waals surface area contributed by atoms with E-state index in [1.165, 1.54) is 0 Å². The largest absolute Gasteiger partial charge is 0.366 e. The van der Waals surface area contributed by atoms with Crippen molar-refractivity contribution in [2.45, 2.75) is 25.4 Å². The first-order valence-corrected chi connectivity index (χ1v) is 20.2. The van der Waals surface area contributed by atoms with E-state index in [1.807, 2.05) is 194 Å². The number of hydrogen-bond acceptors (Lipinski definition) is 4. The van der Waals surface area contributed by atoms with Crippen LogP contribution in [0, 0.1) is 0 Å². The van der Waals surface area contributed by atoms with Crippen LogP contribution in [-0.4, -0.2) is 12.2 Å². The highest BCUT2D eigenvalue weighted by atomic mass is 31.2. The molecule has 0 N–H and O–H groups in total. The molecule has 0 bridgehead atoms. The van der Waals surface area contributed by atoms with Crippen LogP contribution in [0.4, 0.5) is 0 Å². The average Bonchev–Trinajstić information content (AvgIpc) is 3.20. The smallest absolute Gasteiger partial charge is 0.163 e. The van der Waals surface area contributed by atoms with Crippen LogP contribution in [0.5, 0.6) is 0 Å². The molecule has 0 aromatic heterocycles. The molecule has 250 valence electrons. The molecule has 6 aromatic rings. The van der Waals surface area contributed by atoms with Gasteiger partial charge in [-0.05, 0) is 34.9 Å². The number of hydrogen-bond donors (Lipinski definition) is 0. The minimum absolute atomic E-state index is 0.297. The molecule has 0 aliphatic carbocycles. The normalized spacial score (nSPS) is 13.4. The van der Waals surface area contributed by atoms with Crippen LogP contribution in [0.3, 0.4) is 0 Å². The van der Waals surface area contributed by atoms with E-state index in [-0.39, 0.29) is 0 Å². The molecule has 4 nitrogen and oxygen atoms in total. The zero-order valence-corrected chi connectivity index (χ0v) is 29.5. The van der Waals surface area contributed by atoms with Crippen molar-refractivity contribution in [2.24, 2.45) is 0 Å². The SMILES string of the molecule is O=P(/C=C\[C@H](OCc1ccccc1)[C@H](/C=C/P(=O)(c1ccccc1)c1ccccc1)OCc1ccccc1)(c1ccccc1)c1ccccc1. The molecule has 0 fully saturated rings. The summed E-state index contributed by atoms with van der Waals surface area (Å²) in [6.45, 7) is 0.593. The van der Waals surface area contributed by atoms with E-state index in [2.05, 4.69) is 0 Å². The Kier molecular flexibility index (Phi) is 12.1. The second-order valence-corrected chi connectivity index (χ2v) is 17.2. The van der Waals surface area contributed by atoms with Crippen molar-refractivity contribution in [1.29, 1.82) is 0 Å². The molecular weight excluding hydrogens is 654 g/mol. The lowest BCUT2D eigenvalue weighted by Crippen LogP contribution is -2.29. The lowest BCUT2D eigenvalue weighted by atomic mass is 10.1. The molecule has 0 heterocycles. The molecule has 50 heavy (non-hydrogen) atoms. The van der Waals surface area contributed by atoms with Gasteiger partial charge < -0.3 is 18.6 Å². The monoisotopic (exact) mass is 694 g/mol. The van der Waals surface area contributed by atoms with Crippen LogP contribution in [0.1, 0.15) is 11.1 Å². The average molecular weight is 695 g/mol. The summed E-state index contributed by atoms with van der Waals surface area (Å²) in [4.78, 5) is 0. The first-order valence-electron chi connectivity index (χ1n) is 16.7. The second kappa shape index (κ2) is 17.2. The molecule has 0 saturated carbocycles. The third-order valence-electron chi connectivity index (χ3n) is 8.42. The van der Waals surface area contributed by atoms with Gasteiger partial charge in [-0.3, -0.25) is 0 Å². The minimum atomic E-state index is -3.23. The Morgan fingerprint density at radius 1 is 0.380 bits per heavy atom. The van der Waals surface area contributed by atoms with E-state index in [1.54, 1.807) is 11.6 Å². The molecule has 0 spiro atoms. The molecular formula is C44H40O4P2. The van der Waals surface area contributed by atoms with Crippen molar-refractivity contribution < 1.29 is 18.6 Å². The van der Waals surface area contributed by atoms with Gasteiger partial charge in [-0.2, -0.15) is 0 Å². The van der Waals surface area contributed by atoms with Gasteiger partial charge >= 0.3 is 0 Å². The van der Waals surface area contributed by atoms with Gasteiger partial charge in [0.05, 0.1) is 13.2 Å². The highest BCUT2D eigenvalue weighted by Crippen LogP contribution is 2.47. The zero-order valence-electron chi connectivity index (χ0n) is 27.7. The molecule has 6 aromatic carbocycles. The highest BCUT2D eigenvalue weighted by Gasteiger charge is 2.29. The van der Waals surface area contributed by atoms with Gasteiger partial charge in [0.15, 0.2) is 14.3 Å². The Balaban J connectivity index is 1.44. The maximum Gasteiger partial charge on any atom is 0.163 e. The first-order chi connectivity index (χ1) is 24.5. The van der Waals surface area contributed by atoms with Gasteiger partial charge in [0.1, 0.15) is 12.2 Å². The van der Waals surface area contributed by atoms with E-state index in [4.69, 9.17) is 9.47 Å². The number of rotatable bonds is 15. The molecule has 0 amide bonds. The number of ether oxygens (including phenoxy) is 2. The fourth-order valence-corrected chi connectivity index (χ4v) is 10.3. The second-order valence-electron chi connectivity index (χ2n) is 11.9. The van der Waals surface area contributed by atoms with Crippen molar-refractivity contribution in [3.8, 4) is 0 Å². The fourth-order valence-electron chi connectivity index (χ4n) is 5.71. The quantitative estimate of drug-likeness (QED) is 0.101. The third-order valence-corrected chi connectivity index (χ3v) is 13.9. The summed E-state index contributed by atoms with van der Waals surface area (Å²) < 4.78 is 43.4. The van der Waals surface area contributed by atoms with Gasteiger partial charge in [-0.25, -0.2) is 0 Å².